The van der Waals surface area contributed by atoms with Crippen LogP contribution in [0.5, 0.6) is 0 Å². The zero-order chi connectivity index (χ0) is 17.4. The average Bonchev–Trinajstić information content (AvgIpc) is 2.59. The number of hydrogen-bond donors (Lipinski definition) is 2. The van der Waals surface area contributed by atoms with Crippen molar-refractivity contribution in [2.75, 3.05) is 12.4 Å². The number of aliphatic hydroxyl groups excluding tert-OH is 1. The first kappa shape index (κ1) is 18.6. The SMILES string of the molecule is C[C@H](CCc1ccccc1)NCc1ccc(S(=O)(=O)CCO)cc1. The average molecular weight is 347 g/mol. The van der Waals surface area contributed by atoms with Gasteiger partial charge >= 0.3 is 0 Å². The van der Waals surface area contributed by atoms with Crippen LogP contribution in [-0.2, 0) is 22.8 Å². The minimum atomic E-state index is -3.37. The lowest BCUT2D eigenvalue weighted by molar-refractivity contribution is 0.319. The van der Waals surface area contributed by atoms with E-state index >= 15 is 0 Å². The molecule has 0 aliphatic heterocycles. The van der Waals surface area contributed by atoms with Gasteiger partial charge in [-0.05, 0) is 43.0 Å². The van der Waals surface area contributed by atoms with Crippen molar-refractivity contribution in [3.05, 3.63) is 65.7 Å². The van der Waals surface area contributed by atoms with E-state index in [1.807, 2.05) is 18.2 Å². The molecule has 1 atom stereocenters. The van der Waals surface area contributed by atoms with E-state index < -0.39 is 9.84 Å². The Morgan fingerprint density at radius 1 is 1.00 bits per heavy atom. The van der Waals surface area contributed by atoms with Crippen LogP contribution in [0, 0.1) is 0 Å². The van der Waals surface area contributed by atoms with Crippen LogP contribution < -0.4 is 5.32 Å². The van der Waals surface area contributed by atoms with Gasteiger partial charge in [-0.15, -0.1) is 0 Å². The highest BCUT2D eigenvalue weighted by molar-refractivity contribution is 7.91. The fraction of sp³-hybridized carbons (Fsp3) is 0.368. The smallest absolute Gasteiger partial charge is 0.180 e. The van der Waals surface area contributed by atoms with Crippen LogP contribution in [0.1, 0.15) is 24.5 Å². The number of benzene rings is 2. The number of rotatable bonds is 9. The van der Waals surface area contributed by atoms with Crippen LogP contribution in [0.25, 0.3) is 0 Å². The largest absolute Gasteiger partial charge is 0.395 e. The molecule has 0 saturated carbocycles. The van der Waals surface area contributed by atoms with Gasteiger partial charge < -0.3 is 10.4 Å². The fourth-order valence-corrected chi connectivity index (χ4v) is 3.50. The molecule has 2 aromatic rings. The summed E-state index contributed by atoms with van der Waals surface area (Å²) in [5.74, 6) is -0.235. The highest BCUT2D eigenvalue weighted by Crippen LogP contribution is 2.13. The Morgan fingerprint density at radius 2 is 1.67 bits per heavy atom. The van der Waals surface area contributed by atoms with Crippen molar-refractivity contribution in [3.8, 4) is 0 Å². The summed E-state index contributed by atoms with van der Waals surface area (Å²) in [6.07, 6.45) is 2.08. The molecule has 2 N–H and O–H groups in total. The van der Waals surface area contributed by atoms with Gasteiger partial charge in [0.1, 0.15) is 0 Å². The Balaban J connectivity index is 1.81. The van der Waals surface area contributed by atoms with Crippen molar-refractivity contribution < 1.29 is 13.5 Å². The van der Waals surface area contributed by atoms with E-state index in [0.717, 1.165) is 18.4 Å². The number of nitrogens with one attached hydrogen (secondary N) is 1. The van der Waals surface area contributed by atoms with Gasteiger partial charge in [0.15, 0.2) is 9.84 Å². The molecule has 0 spiro atoms. The number of hydrogen-bond acceptors (Lipinski definition) is 4. The van der Waals surface area contributed by atoms with Gasteiger partial charge in [0, 0.05) is 12.6 Å². The molecule has 0 unspecified atom stereocenters. The van der Waals surface area contributed by atoms with Gasteiger partial charge in [0.05, 0.1) is 17.3 Å². The summed E-state index contributed by atoms with van der Waals surface area (Å²) in [6, 6.07) is 17.6. The number of aryl methyl sites for hydroxylation is 1. The second-order valence-corrected chi connectivity index (χ2v) is 8.10. The summed E-state index contributed by atoms with van der Waals surface area (Å²) in [6.45, 7) is 2.50. The maximum Gasteiger partial charge on any atom is 0.180 e. The molecule has 0 aromatic heterocycles. The van der Waals surface area contributed by atoms with Crippen molar-refractivity contribution in [1.29, 1.82) is 0 Å². The first-order valence-corrected chi connectivity index (χ1v) is 9.86. The third-order valence-electron chi connectivity index (χ3n) is 4.01. The lowest BCUT2D eigenvalue weighted by Crippen LogP contribution is -2.26. The van der Waals surface area contributed by atoms with Gasteiger partial charge in [-0.1, -0.05) is 42.5 Å². The molecule has 5 heteroatoms. The summed E-state index contributed by atoms with van der Waals surface area (Å²) in [4.78, 5) is 0.262. The van der Waals surface area contributed by atoms with Crippen LogP contribution in [0.3, 0.4) is 0 Å². The lowest BCUT2D eigenvalue weighted by atomic mass is 10.1. The van der Waals surface area contributed by atoms with E-state index in [0.29, 0.717) is 12.6 Å². The Bertz CT molecular complexity index is 712. The third-order valence-corrected chi connectivity index (χ3v) is 5.72. The Labute approximate surface area is 144 Å². The van der Waals surface area contributed by atoms with Gasteiger partial charge in [0.25, 0.3) is 0 Å². The first-order chi connectivity index (χ1) is 11.5. The van der Waals surface area contributed by atoms with Crippen LogP contribution in [0.15, 0.2) is 59.5 Å². The molecule has 2 aromatic carbocycles. The highest BCUT2D eigenvalue weighted by Gasteiger charge is 2.13. The summed E-state index contributed by atoms with van der Waals surface area (Å²) < 4.78 is 23.7. The summed E-state index contributed by atoms with van der Waals surface area (Å²) in [5, 5.41) is 12.3. The van der Waals surface area contributed by atoms with E-state index in [1.54, 1.807) is 12.1 Å². The topological polar surface area (TPSA) is 66.4 Å². The van der Waals surface area contributed by atoms with Crippen molar-refractivity contribution in [1.82, 2.24) is 5.32 Å². The van der Waals surface area contributed by atoms with Crippen molar-refractivity contribution in [2.45, 2.75) is 37.2 Å². The van der Waals surface area contributed by atoms with E-state index in [9.17, 15) is 8.42 Å². The molecular weight excluding hydrogens is 322 g/mol. The monoisotopic (exact) mass is 347 g/mol. The standard InChI is InChI=1S/C19H25NO3S/c1-16(7-8-17-5-3-2-4-6-17)20-15-18-9-11-19(12-10-18)24(22,23)14-13-21/h2-6,9-12,16,20-21H,7-8,13-15H2,1H3/t16-/m1/s1. The first-order valence-electron chi connectivity index (χ1n) is 8.21. The molecule has 0 saturated heterocycles. The second kappa shape index (κ2) is 8.97. The summed E-state index contributed by atoms with van der Waals surface area (Å²) in [5.41, 5.74) is 2.38. The maximum absolute atomic E-state index is 11.9. The van der Waals surface area contributed by atoms with Crippen molar-refractivity contribution >= 4 is 9.84 Å². The predicted molar refractivity (Wildman–Crippen MR) is 96.6 cm³/mol. The highest BCUT2D eigenvalue weighted by atomic mass is 32.2. The summed E-state index contributed by atoms with van der Waals surface area (Å²) >= 11 is 0. The van der Waals surface area contributed by atoms with E-state index in [2.05, 4.69) is 36.5 Å². The van der Waals surface area contributed by atoms with E-state index in [-0.39, 0.29) is 17.3 Å². The molecule has 24 heavy (non-hydrogen) atoms. The van der Waals surface area contributed by atoms with Gasteiger partial charge in [-0.2, -0.15) is 0 Å². The predicted octanol–water partition coefficient (Wildman–Crippen LogP) is 2.56. The van der Waals surface area contributed by atoms with Gasteiger partial charge in [-0.3, -0.25) is 0 Å². The number of sulfone groups is 1. The molecule has 0 bridgehead atoms. The fourth-order valence-electron chi connectivity index (χ4n) is 2.47. The minimum absolute atomic E-state index is 0.235. The Kier molecular flexibility index (Phi) is 6.97. The zero-order valence-corrected chi connectivity index (χ0v) is 14.8. The molecular formula is C19H25NO3S. The van der Waals surface area contributed by atoms with Crippen molar-refractivity contribution in [3.63, 3.8) is 0 Å². The van der Waals surface area contributed by atoms with Crippen LogP contribution >= 0.6 is 0 Å². The second-order valence-electron chi connectivity index (χ2n) is 5.99. The van der Waals surface area contributed by atoms with Gasteiger partial charge in [0.2, 0.25) is 0 Å². The molecule has 0 radical (unpaired) electrons. The molecule has 130 valence electrons. The molecule has 2 rings (SSSR count). The van der Waals surface area contributed by atoms with E-state index in [4.69, 9.17) is 5.11 Å². The van der Waals surface area contributed by atoms with Gasteiger partial charge in [-0.25, -0.2) is 8.42 Å². The maximum atomic E-state index is 11.9. The minimum Gasteiger partial charge on any atom is -0.395 e. The van der Waals surface area contributed by atoms with Crippen LogP contribution in [0.2, 0.25) is 0 Å². The van der Waals surface area contributed by atoms with E-state index in [1.165, 1.54) is 5.56 Å². The Morgan fingerprint density at radius 3 is 2.29 bits per heavy atom. The van der Waals surface area contributed by atoms with Crippen molar-refractivity contribution in [2.24, 2.45) is 0 Å². The normalized spacial score (nSPS) is 12.9. The molecule has 0 aliphatic carbocycles. The quantitative estimate of drug-likeness (QED) is 0.732. The molecule has 4 nitrogen and oxygen atoms in total. The molecule has 0 amide bonds. The molecule has 0 heterocycles. The molecule has 0 fully saturated rings. The lowest BCUT2D eigenvalue weighted by Gasteiger charge is -2.14. The van der Waals surface area contributed by atoms with Crippen LogP contribution in [-0.4, -0.2) is 31.9 Å². The number of aliphatic hydroxyl groups is 1. The molecule has 0 aliphatic rings. The Hall–Kier alpha value is -1.69. The van der Waals surface area contributed by atoms with Crippen LogP contribution in [0.4, 0.5) is 0 Å². The summed E-state index contributed by atoms with van der Waals surface area (Å²) in [7, 11) is -3.37. The zero-order valence-electron chi connectivity index (χ0n) is 14.0. The third kappa shape index (κ3) is 5.74.